The highest BCUT2D eigenvalue weighted by Crippen LogP contribution is 2.23. The van der Waals surface area contributed by atoms with Crippen molar-refractivity contribution in [3.05, 3.63) is 11.7 Å². The molecular weight excluding hydrogens is 252 g/mol. The zero-order chi connectivity index (χ0) is 12.6. The molecule has 2 N–H and O–H groups in total. The van der Waals surface area contributed by atoms with Gasteiger partial charge in [0.25, 0.3) is 0 Å². The molecule has 2 unspecified atom stereocenters. The highest BCUT2D eigenvalue weighted by atomic mass is 35.5. The van der Waals surface area contributed by atoms with E-state index in [4.69, 9.17) is 10.3 Å². The van der Waals surface area contributed by atoms with Crippen molar-refractivity contribution in [3.8, 4) is 0 Å². The predicted octanol–water partition coefficient (Wildman–Crippen LogP) is 1.77. The van der Waals surface area contributed by atoms with Gasteiger partial charge >= 0.3 is 0 Å². The molecule has 0 amide bonds. The molecule has 0 bridgehead atoms. The first-order valence-corrected chi connectivity index (χ1v) is 6.20. The SMILES string of the molecule is CC1CN(Cc2nc(C(C)(C)N)no2)CC1C.Cl. The third kappa shape index (κ3) is 3.43. The molecular formula is C12H23ClN4O. The summed E-state index contributed by atoms with van der Waals surface area (Å²) in [5, 5.41) is 3.93. The highest BCUT2D eigenvalue weighted by Gasteiger charge is 2.28. The van der Waals surface area contributed by atoms with Crippen molar-refractivity contribution >= 4 is 12.4 Å². The van der Waals surface area contributed by atoms with Crippen LogP contribution in [0, 0.1) is 11.8 Å². The van der Waals surface area contributed by atoms with Crippen molar-refractivity contribution < 1.29 is 4.52 Å². The Hall–Kier alpha value is -0.650. The minimum Gasteiger partial charge on any atom is -0.338 e. The van der Waals surface area contributed by atoms with Gasteiger partial charge in [-0.2, -0.15) is 4.98 Å². The Morgan fingerprint density at radius 3 is 2.33 bits per heavy atom. The Balaban J connectivity index is 0.00000162. The van der Waals surface area contributed by atoms with Gasteiger partial charge in [-0.3, -0.25) is 4.90 Å². The summed E-state index contributed by atoms with van der Waals surface area (Å²) < 4.78 is 5.24. The lowest BCUT2D eigenvalue weighted by Gasteiger charge is -2.12. The lowest BCUT2D eigenvalue weighted by molar-refractivity contribution is 0.258. The average molecular weight is 275 g/mol. The smallest absolute Gasteiger partial charge is 0.240 e. The van der Waals surface area contributed by atoms with Crippen molar-refractivity contribution in [2.24, 2.45) is 17.6 Å². The monoisotopic (exact) mass is 274 g/mol. The topological polar surface area (TPSA) is 68.2 Å². The molecule has 0 saturated carbocycles. The van der Waals surface area contributed by atoms with Crippen LogP contribution in [0.1, 0.15) is 39.4 Å². The second-order valence-electron chi connectivity index (χ2n) is 5.88. The largest absolute Gasteiger partial charge is 0.338 e. The van der Waals surface area contributed by atoms with E-state index < -0.39 is 5.54 Å². The molecule has 1 aliphatic rings. The van der Waals surface area contributed by atoms with Crippen molar-refractivity contribution in [1.29, 1.82) is 0 Å². The van der Waals surface area contributed by atoms with Gasteiger partial charge in [0.05, 0.1) is 12.1 Å². The third-order valence-corrected chi connectivity index (χ3v) is 3.47. The van der Waals surface area contributed by atoms with Crippen LogP contribution in [0.5, 0.6) is 0 Å². The summed E-state index contributed by atoms with van der Waals surface area (Å²) in [4.78, 5) is 6.71. The Morgan fingerprint density at radius 1 is 1.33 bits per heavy atom. The summed E-state index contributed by atoms with van der Waals surface area (Å²) in [6.07, 6.45) is 0. The van der Waals surface area contributed by atoms with Gasteiger partial charge in [0, 0.05) is 13.1 Å². The van der Waals surface area contributed by atoms with Crippen molar-refractivity contribution in [2.45, 2.75) is 39.8 Å². The van der Waals surface area contributed by atoms with E-state index in [2.05, 4.69) is 28.9 Å². The van der Waals surface area contributed by atoms with Crippen molar-refractivity contribution in [3.63, 3.8) is 0 Å². The molecule has 18 heavy (non-hydrogen) atoms. The average Bonchev–Trinajstić information content (AvgIpc) is 2.75. The molecule has 1 fully saturated rings. The number of likely N-dealkylation sites (tertiary alicyclic amines) is 1. The maximum atomic E-state index is 5.92. The molecule has 0 aromatic carbocycles. The van der Waals surface area contributed by atoms with Crippen LogP contribution >= 0.6 is 12.4 Å². The van der Waals surface area contributed by atoms with Crippen LogP contribution < -0.4 is 5.73 Å². The third-order valence-electron chi connectivity index (χ3n) is 3.47. The number of aromatic nitrogens is 2. The standard InChI is InChI=1S/C12H22N4O.ClH/c1-8-5-16(6-9(8)2)7-10-14-11(15-17-10)12(3,4)13;/h8-9H,5-7,13H2,1-4H3;1H. The van der Waals surface area contributed by atoms with Gasteiger partial charge in [-0.05, 0) is 25.7 Å². The molecule has 6 heteroatoms. The number of nitrogens with zero attached hydrogens (tertiary/aromatic N) is 3. The molecule has 0 spiro atoms. The fourth-order valence-electron chi connectivity index (χ4n) is 2.15. The van der Waals surface area contributed by atoms with E-state index in [-0.39, 0.29) is 12.4 Å². The summed E-state index contributed by atoms with van der Waals surface area (Å²) in [5.74, 6) is 2.72. The maximum Gasteiger partial charge on any atom is 0.240 e. The van der Waals surface area contributed by atoms with Crippen LogP contribution in [0.15, 0.2) is 4.52 Å². The number of hydrogen-bond acceptors (Lipinski definition) is 5. The predicted molar refractivity (Wildman–Crippen MR) is 72.4 cm³/mol. The zero-order valence-electron chi connectivity index (χ0n) is 11.5. The van der Waals surface area contributed by atoms with Crippen molar-refractivity contribution in [1.82, 2.24) is 15.0 Å². The van der Waals surface area contributed by atoms with Gasteiger partial charge in [-0.15, -0.1) is 12.4 Å². The molecule has 5 nitrogen and oxygen atoms in total. The van der Waals surface area contributed by atoms with Gasteiger partial charge in [0.15, 0.2) is 5.82 Å². The number of hydrogen-bond donors (Lipinski definition) is 1. The minimum atomic E-state index is -0.534. The summed E-state index contributed by atoms with van der Waals surface area (Å²) >= 11 is 0. The van der Waals surface area contributed by atoms with E-state index in [1.807, 2.05) is 13.8 Å². The maximum absolute atomic E-state index is 5.92. The van der Waals surface area contributed by atoms with E-state index >= 15 is 0 Å². The van der Waals surface area contributed by atoms with Gasteiger partial charge in [0.1, 0.15) is 0 Å². The zero-order valence-corrected chi connectivity index (χ0v) is 12.3. The molecule has 1 saturated heterocycles. The molecule has 104 valence electrons. The van der Waals surface area contributed by atoms with Crippen LogP contribution in [-0.2, 0) is 12.1 Å². The van der Waals surface area contributed by atoms with Crippen LogP contribution in [0.4, 0.5) is 0 Å². The fourth-order valence-corrected chi connectivity index (χ4v) is 2.15. The second kappa shape index (κ2) is 5.55. The molecule has 2 atom stereocenters. The normalized spacial score (nSPS) is 25.2. The quantitative estimate of drug-likeness (QED) is 0.910. The van der Waals surface area contributed by atoms with Gasteiger partial charge in [0.2, 0.25) is 5.89 Å². The van der Waals surface area contributed by atoms with Gasteiger partial charge in [-0.1, -0.05) is 19.0 Å². The van der Waals surface area contributed by atoms with E-state index in [1.165, 1.54) is 0 Å². The van der Waals surface area contributed by atoms with E-state index in [0.29, 0.717) is 11.7 Å². The Labute approximate surface area is 115 Å². The van der Waals surface area contributed by atoms with Gasteiger partial charge < -0.3 is 10.3 Å². The second-order valence-corrected chi connectivity index (χ2v) is 5.88. The molecule has 0 aliphatic carbocycles. The molecule has 2 heterocycles. The summed E-state index contributed by atoms with van der Waals surface area (Å²) in [6.45, 7) is 11.3. The first-order valence-electron chi connectivity index (χ1n) is 6.20. The number of nitrogens with two attached hydrogens (primary N) is 1. The van der Waals surface area contributed by atoms with Crippen LogP contribution in [0.25, 0.3) is 0 Å². The Kier molecular flexibility index (Phi) is 4.75. The lowest BCUT2D eigenvalue weighted by atomic mass is 10.0. The molecule has 1 aromatic heterocycles. The molecule has 1 aromatic rings. The summed E-state index contributed by atoms with van der Waals surface area (Å²) in [6, 6.07) is 0. The van der Waals surface area contributed by atoms with E-state index in [1.54, 1.807) is 0 Å². The minimum absolute atomic E-state index is 0. The van der Waals surface area contributed by atoms with E-state index in [0.717, 1.165) is 31.5 Å². The van der Waals surface area contributed by atoms with Gasteiger partial charge in [-0.25, -0.2) is 0 Å². The van der Waals surface area contributed by atoms with Crippen LogP contribution in [0.2, 0.25) is 0 Å². The Bertz CT molecular complexity index is 378. The molecule has 0 radical (unpaired) electrons. The van der Waals surface area contributed by atoms with Crippen molar-refractivity contribution in [2.75, 3.05) is 13.1 Å². The Morgan fingerprint density at radius 2 is 1.89 bits per heavy atom. The summed E-state index contributed by atoms with van der Waals surface area (Å²) in [7, 11) is 0. The number of halogens is 1. The van der Waals surface area contributed by atoms with Crippen LogP contribution in [-0.4, -0.2) is 28.1 Å². The number of rotatable bonds is 3. The fraction of sp³-hybridized carbons (Fsp3) is 0.833. The van der Waals surface area contributed by atoms with E-state index in [9.17, 15) is 0 Å². The molecule has 1 aliphatic heterocycles. The molecule has 2 rings (SSSR count). The highest BCUT2D eigenvalue weighted by molar-refractivity contribution is 5.85. The summed E-state index contributed by atoms with van der Waals surface area (Å²) in [5.41, 5.74) is 5.39. The lowest BCUT2D eigenvalue weighted by Crippen LogP contribution is -2.30. The van der Waals surface area contributed by atoms with Crippen LogP contribution in [0.3, 0.4) is 0 Å². The first kappa shape index (κ1) is 15.4. The first-order chi connectivity index (χ1) is 7.86.